The SMILES string of the molecule is Cc1cc(C(=O)NC2CCN(C(=O)OC(C)(C)C)CC2)c(F)cc1B1OC(C)(C)C(C)(C)O1. The van der Waals surface area contributed by atoms with E-state index >= 15 is 0 Å². The quantitative estimate of drug-likeness (QED) is 0.696. The number of likely N-dealkylation sites (tertiary alicyclic amines) is 1. The van der Waals surface area contributed by atoms with Crippen LogP contribution in [0.2, 0.25) is 0 Å². The van der Waals surface area contributed by atoms with Crippen molar-refractivity contribution in [3.63, 3.8) is 0 Å². The molecule has 7 nitrogen and oxygen atoms in total. The van der Waals surface area contributed by atoms with E-state index in [9.17, 15) is 14.0 Å². The molecule has 2 amide bonds. The number of halogens is 1. The van der Waals surface area contributed by atoms with E-state index in [1.807, 2.05) is 55.4 Å². The summed E-state index contributed by atoms with van der Waals surface area (Å²) in [5.74, 6) is -1.08. The van der Waals surface area contributed by atoms with Crippen molar-refractivity contribution in [3.05, 3.63) is 29.1 Å². The van der Waals surface area contributed by atoms with Crippen LogP contribution in [0.25, 0.3) is 0 Å². The fourth-order valence-corrected chi connectivity index (χ4v) is 3.89. The molecule has 0 bridgehead atoms. The van der Waals surface area contributed by atoms with Gasteiger partial charge in [0.25, 0.3) is 5.91 Å². The Labute approximate surface area is 196 Å². The average Bonchev–Trinajstić information content (AvgIpc) is 2.89. The van der Waals surface area contributed by atoms with Crippen LogP contribution in [0, 0.1) is 12.7 Å². The number of nitrogens with zero attached hydrogens (tertiary/aromatic N) is 1. The highest BCUT2D eigenvalue weighted by molar-refractivity contribution is 6.62. The van der Waals surface area contributed by atoms with Crippen LogP contribution in [0.1, 0.15) is 77.2 Å². The summed E-state index contributed by atoms with van der Waals surface area (Å²) in [6, 6.07) is 2.73. The molecule has 33 heavy (non-hydrogen) atoms. The first-order chi connectivity index (χ1) is 15.1. The topological polar surface area (TPSA) is 77.1 Å². The first-order valence-corrected chi connectivity index (χ1v) is 11.5. The third-order valence-corrected chi connectivity index (χ3v) is 6.59. The largest absolute Gasteiger partial charge is 0.495 e. The number of carbonyl (C=O) groups is 2. The zero-order chi connectivity index (χ0) is 24.8. The summed E-state index contributed by atoms with van der Waals surface area (Å²) >= 11 is 0. The average molecular weight is 462 g/mol. The number of benzene rings is 1. The summed E-state index contributed by atoms with van der Waals surface area (Å²) in [6.45, 7) is 16.0. The monoisotopic (exact) mass is 462 g/mol. The number of aryl methyl sites for hydroxylation is 1. The molecule has 9 heteroatoms. The molecule has 0 spiro atoms. The normalized spacial score (nSPS) is 20.6. The van der Waals surface area contributed by atoms with E-state index in [1.54, 1.807) is 11.0 Å². The molecule has 2 heterocycles. The van der Waals surface area contributed by atoms with Crippen LogP contribution in [0.5, 0.6) is 0 Å². The van der Waals surface area contributed by atoms with Gasteiger partial charge >= 0.3 is 13.2 Å². The van der Waals surface area contributed by atoms with Crippen molar-refractivity contribution in [2.45, 2.75) is 91.1 Å². The Morgan fingerprint density at radius 3 is 2.18 bits per heavy atom. The van der Waals surface area contributed by atoms with Crippen LogP contribution in [-0.2, 0) is 14.0 Å². The molecule has 2 aliphatic rings. The first-order valence-electron chi connectivity index (χ1n) is 11.5. The van der Waals surface area contributed by atoms with Gasteiger partial charge in [0, 0.05) is 19.1 Å². The Bertz CT molecular complexity index is 904. The van der Waals surface area contributed by atoms with Gasteiger partial charge in [0.05, 0.1) is 16.8 Å². The molecule has 1 N–H and O–H groups in total. The number of hydrogen-bond acceptors (Lipinski definition) is 5. The van der Waals surface area contributed by atoms with Crippen LogP contribution in [0.15, 0.2) is 12.1 Å². The summed E-state index contributed by atoms with van der Waals surface area (Å²) < 4.78 is 32.4. The molecule has 182 valence electrons. The highest BCUT2D eigenvalue weighted by Gasteiger charge is 2.52. The Hall–Kier alpha value is -2.13. The Morgan fingerprint density at radius 1 is 1.12 bits per heavy atom. The van der Waals surface area contributed by atoms with E-state index in [0.717, 1.165) is 5.56 Å². The molecular weight excluding hydrogens is 426 g/mol. The Balaban J connectivity index is 1.63. The lowest BCUT2D eigenvalue weighted by molar-refractivity contribution is 0.00578. The zero-order valence-electron chi connectivity index (χ0n) is 21.0. The maximum Gasteiger partial charge on any atom is 0.495 e. The van der Waals surface area contributed by atoms with Crippen LogP contribution in [0.3, 0.4) is 0 Å². The lowest BCUT2D eigenvalue weighted by atomic mass is 9.75. The summed E-state index contributed by atoms with van der Waals surface area (Å²) in [6.07, 6.45) is 0.807. The number of carbonyl (C=O) groups excluding carboxylic acids is 2. The first kappa shape index (κ1) is 25.5. The standard InChI is InChI=1S/C24H36BFN2O5/c1-15-13-17(19(26)14-18(15)25-32-23(5,6)24(7,8)33-25)20(29)27-16-9-11-28(12-10-16)21(30)31-22(2,3)4/h13-14,16H,9-12H2,1-8H3,(H,27,29). The van der Waals surface area contributed by atoms with Crippen molar-refractivity contribution in [2.75, 3.05) is 13.1 Å². The molecule has 0 aliphatic carbocycles. The number of amides is 2. The van der Waals surface area contributed by atoms with Gasteiger partial charge in [0.1, 0.15) is 11.4 Å². The van der Waals surface area contributed by atoms with Gasteiger partial charge < -0.3 is 24.3 Å². The van der Waals surface area contributed by atoms with Gasteiger partial charge in [-0.15, -0.1) is 0 Å². The van der Waals surface area contributed by atoms with Gasteiger partial charge in [-0.25, -0.2) is 9.18 Å². The molecule has 3 rings (SSSR count). The molecule has 0 saturated carbocycles. The van der Waals surface area contributed by atoms with Gasteiger partial charge in [-0.05, 0) is 85.8 Å². The van der Waals surface area contributed by atoms with Gasteiger partial charge in [-0.1, -0.05) is 5.56 Å². The van der Waals surface area contributed by atoms with E-state index in [2.05, 4.69) is 5.32 Å². The van der Waals surface area contributed by atoms with Crippen molar-refractivity contribution in [2.24, 2.45) is 0 Å². The van der Waals surface area contributed by atoms with Gasteiger partial charge in [-0.2, -0.15) is 0 Å². The van der Waals surface area contributed by atoms with E-state index < -0.39 is 35.6 Å². The van der Waals surface area contributed by atoms with Crippen LogP contribution < -0.4 is 10.8 Å². The van der Waals surface area contributed by atoms with Crippen molar-refractivity contribution in [1.82, 2.24) is 10.2 Å². The van der Waals surface area contributed by atoms with Crippen molar-refractivity contribution in [3.8, 4) is 0 Å². The van der Waals surface area contributed by atoms with Gasteiger partial charge in [0.15, 0.2) is 0 Å². The summed E-state index contributed by atoms with van der Waals surface area (Å²) in [5, 5.41) is 2.91. The van der Waals surface area contributed by atoms with E-state index in [-0.39, 0.29) is 17.7 Å². The number of hydrogen-bond donors (Lipinski definition) is 1. The second-order valence-corrected chi connectivity index (χ2v) is 11.0. The smallest absolute Gasteiger partial charge is 0.444 e. The molecule has 1 aromatic rings. The fourth-order valence-electron chi connectivity index (χ4n) is 3.89. The number of rotatable bonds is 3. The maximum absolute atomic E-state index is 15.0. The zero-order valence-corrected chi connectivity index (χ0v) is 21.0. The third kappa shape index (κ3) is 5.69. The second-order valence-electron chi connectivity index (χ2n) is 11.0. The minimum absolute atomic E-state index is 0.0117. The Morgan fingerprint density at radius 2 is 1.67 bits per heavy atom. The molecule has 0 unspecified atom stereocenters. The minimum atomic E-state index is -0.696. The highest BCUT2D eigenvalue weighted by Crippen LogP contribution is 2.36. The van der Waals surface area contributed by atoms with Gasteiger partial charge in [0.2, 0.25) is 0 Å². The molecule has 2 saturated heterocycles. The van der Waals surface area contributed by atoms with E-state index in [4.69, 9.17) is 14.0 Å². The molecule has 0 aromatic heterocycles. The van der Waals surface area contributed by atoms with E-state index in [1.165, 1.54) is 6.07 Å². The molecule has 2 aliphatic heterocycles. The number of nitrogens with one attached hydrogen (secondary N) is 1. The van der Waals surface area contributed by atoms with Crippen LogP contribution in [-0.4, -0.2) is 60.0 Å². The highest BCUT2D eigenvalue weighted by atomic mass is 19.1. The molecular formula is C24H36BFN2O5. The Kier molecular flexibility index (Phi) is 6.88. The van der Waals surface area contributed by atoms with E-state index in [0.29, 0.717) is 31.4 Å². The summed E-state index contributed by atoms with van der Waals surface area (Å²) in [7, 11) is -0.696. The molecule has 1 aromatic carbocycles. The number of ether oxygens (including phenoxy) is 1. The number of piperidine rings is 1. The third-order valence-electron chi connectivity index (χ3n) is 6.59. The lowest BCUT2D eigenvalue weighted by Crippen LogP contribution is -2.48. The minimum Gasteiger partial charge on any atom is -0.444 e. The maximum atomic E-state index is 15.0. The van der Waals surface area contributed by atoms with Crippen LogP contribution >= 0.6 is 0 Å². The molecule has 2 fully saturated rings. The van der Waals surface area contributed by atoms with Gasteiger partial charge in [-0.3, -0.25) is 4.79 Å². The van der Waals surface area contributed by atoms with Crippen molar-refractivity contribution in [1.29, 1.82) is 0 Å². The second kappa shape index (κ2) is 8.91. The van der Waals surface area contributed by atoms with Crippen LogP contribution in [0.4, 0.5) is 9.18 Å². The van der Waals surface area contributed by atoms with Crippen molar-refractivity contribution < 1.29 is 28.0 Å². The van der Waals surface area contributed by atoms with Crippen molar-refractivity contribution >= 4 is 24.6 Å². The summed E-state index contributed by atoms with van der Waals surface area (Å²) in [4.78, 5) is 26.7. The molecule has 0 atom stereocenters. The summed E-state index contributed by atoms with van der Waals surface area (Å²) in [5.41, 5.74) is -0.338. The molecule has 0 radical (unpaired) electrons. The fraction of sp³-hybridized carbons (Fsp3) is 0.667. The predicted octanol–water partition coefficient (Wildman–Crippen LogP) is 3.56. The lowest BCUT2D eigenvalue weighted by Gasteiger charge is -2.33. The predicted molar refractivity (Wildman–Crippen MR) is 125 cm³/mol.